The average molecular weight is 745 g/mol. The van der Waals surface area contributed by atoms with E-state index in [1.165, 1.54) is 24.1 Å². The zero-order valence-electron chi connectivity index (χ0n) is 29.7. The summed E-state index contributed by atoms with van der Waals surface area (Å²) in [6, 6.07) is 10.2. The summed E-state index contributed by atoms with van der Waals surface area (Å²) in [5.41, 5.74) is 3.41. The van der Waals surface area contributed by atoms with Crippen LogP contribution in [0.25, 0.3) is 0 Å². The van der Waals surface area contributed by atoms with E-state index in [-0.39, 0.29) is 29.9 Å². The van der Waals surface area contributed by atoms with E-state index in [2.05, 4.69) is 11.0 Å². The van der Waals surface area contributed by atoms with Gasteiger partial charge in [0.1, 0.15) is 23.9 Å². The van der Waals surface area contributed by atoms with Gasteiger partial charge in [0, 0.05) is 48.2 Å². The topological polar surface area (TPSA) is 122 Å². The van der Waals surface area contributed by atoms with Gasteiger partial charge in [0.05, 0.1) is 30.3 Å². The van der Waals surface area contributed by atoms with Crippen LogP contribution in [0.4, 0.5) is 10.1 Å². The molecular weight excluding hydrogens is 695 g/mol. The number of ether oxygens (including phenoxy) is 2. The molecule has 4 aliphatic rings. The van der Waals surface area contributed by atoms with Crippen molar-refractivity contribution in [1.29, 1.82) is 0 Å². The number of aryl methyl sites for hydroxylation is 1. The summed E-state index contributed by atoms with van der Waals surface area (Å²) in [4.78, 5) is 32.3. The molecule has 0 unspecified atom stereocenters. The molecule has 2 aromatic carbocycles. The molecule has 0 radical (unpaired) electrons. The van der Waals surface area contributed by atoms with Gasteiger partial charge >= 0.3 is 0 Å². The van der Waals surface area contributed by atoms with Crippen molar-refractivity contribution in [2.45, 2.75) is 88.1 Å². The Labute approximate surface area is 306 Å². The van der Waals surface area contributed by atoms with E-state index >= 15 is 4.39 Å². The van der Waals surface area contributed by atoms with Crippen LogP contribution in [-0.2, 0) is 31.4 Å². The minimum Gasteiger partial charge on any atom is -0.490 e. The minimum atomic E-state index is -3.81. The number of hydrogen-bond acceptors (Lipinski definition) is 8. The molecule has 6 atom stereocenters. The molecule has 0 bridgehead atoms. The molecule has 2 saturated heterocycles. The van der Waals surface area contributed by atoms with Gasteiger partial charge in [-0.1, -0.05) is 30.7 Å². The van der Waals surface area contributed by atoms with E-state index in [1.54, 1.807) is 17.9 Å². The van der Waals surface area contributed by atoms with E-state index in [9.17, 15) is 18.0 Å². The van der Waals surface area contributed by atoms with Gasteiger partial charge in [0.2, 0.25) is 15.9 Å². The Kier molecular flexibility index (Phi) is 11.5. The summed E-state index contributed by atoms with van der Waals surface area (Å²) in [5, 5.41) is 5.23. The smallest absolute Gasteiger partial charge is 0.247 e. The fourth-order valence-corrected chi connectivity index (χ4v) is 9.34. The Bertz CT molecular complexity index is 1760. The lowest BCUT2D eigenvalue weighted by Gasteiger charge is -2.43. The van der Waals surface area contributed by atoms with Crippen LogP contribution in [-0.4, -0.2) is 99.8 Å². The Morgan fingerprint density at radius 2 is 1.98 bits per heavy atom. The van der Waals surface area contributed by atoms with Crippen molar-refractivity contribution < 1.29 is 31.9 Å². The number of anilines is 1. The van der Waals surface area contributed by atoms with Gasteiger partial charge in [-0.05, 0) is 106 Å². The van der Waals surface area contributed by atoms with Crippen molar-refractivity contribution in [3.8, 4) is 5.75 Å². The van der Waals surface area contributed by atoms with Crippen LogP contribution in [0.15, 0.2) is 48.3 Å². The maximum atomic E-state index is 16.7. The number of sulfonamides is 1. The summed E-state index contributed by atoms with van der Waals surface area (Å²) in [6.07, 6.45) is 6.47. The Morgan fingerprint density at radius 1 is 1.18 bits per heavy atom. The molecule has 1 aliphatic carbocycles. The molecule has 278 valence electrons. The number of benzene rings is 2. The van der Waals surface area contributed by atoms with Gasteiger partial charge in [0.15, 0.2) is 0 Å². The predicted octanol–water partition coefficient (Wildman–Crippen LogP) is 5.26. The molecule has 0 saturated carbocycles. The monoisotopic (exact) mass is 744 g/mol. The normalized spacial score (nSPS) is 26.1. The number of fused-ring (bicyclic) bond motifs is 3. The lowest BCUT2D eigenvalue weighted by atomic mass is 9.70. The van der Waals surface area contributed by atoms with Gasteiger partial charge in [-0.2, -0.15) is 0 Å². The number of carbonyl (C=O) groups excluding carboxylic acids is 2. The molecule has 51 heavy (non-hydrogen) atoms. The molecule has 6 rings (SSSR count). The molecule has 3 aliphatic heterocycles. The maximum Gasteiger partial charge on any atom is 0.247 e. The summed E-state index contributed by atoms with van der Waals surface area (Å²) in [7, 11) is -3.81. The number of aldehydes is 1. The third-order valence-corrected chi connectivity index (χ3v) is 13.2. The van der Waals surface area contributed by atoms with Gasteiger partial charge in [0.25, 0.3) is 0 Å². The van der Waals surface area contributed by atoms with Crippen LogP contribution >= 0.6 is 11.6 Å². The van der Waals surface area contributed by atoms with Crippen LogP contribution in [0.2, 0.25) is 5.02 Å². The first-order valence-corrected chi connectivity index (χ1v) is 20.1. The third kappa shape index (κ3) is 8.15. The molecule has 10 nitrogen and oxygen atoms in total. The number of morpholine rings is 1. The summed E-state index contributed by atoms with van der Waals surface area (Å²) in [6.45, 7) is 8.30. The number of halogens is 2. The van der Waals surface area contributed by atoms with E-state index in [1.807, 2.05) is 36.1 Å². The summed E-state index contributed by atoms with van der Waals surface area (Å²) >= 11 is 6.43. The first kappa shape index (κ1) is 37.7. The Morgan fingerprint density at radius 3 is 2.73 bits per heavy atom. The lowest BCUT2D eigenvalue weighted by Crippen LogP contribution is -2.56. The fraction of sp³-hybridized carbons (Fsp3) is 0.579. The third-order valence-electron chi connectivity index (χ3n) is 11.4. The van der Waals surface area contributed by atoms with Gasteiger partial charge in [-0.25, -0.2) is 17.9 Å². The molecule has 0 aromatic heterocycles. The molecule has 3 heterocycles. The van der Waals surface area contributed by atoms with Gasteiger partial charge in [-0.15, -0.1) is 0 Å². The van der Waals surface area contributed by atoms with Crippen LogP contribution in [0.3, 0.4) is 0 Å². The quantitative estimate of drug-likeness (QED) is 0.327. The number of nitrogens with zero attached hydrogens (tertiary/aromatic N) is 3. The highest BCUT2D eigenvalue weighted by Crippen LogP contribution is 2.45. The van der Waals surface area contributed by atoms with Crippen molar-refractivity contribution in [2.24, 2.45) is 11.1 Å². The van der Waals surface area contributed by atoms with E-state index in [0.29, 0.717) is 62.3 Å². The molecular formula is C38H50ClFN4O6S. The molecule has 1 amide bonds. The van der Waals surface area contributed by atoms with Crippen molar-refractivity contribution in [3.63, 3.8) is 0 Å². The van der Waals surface area contributed by atoms with Crippen LogP contribution in [0.5, 0.6) is 5.75 Å². The highest BCUT2D eigenvalue weighted by Gasteiger charge is 2.45. The van der Waals surface area contributed by atoms with Crippen molar-refractivity contribution in [3.05, 3.63) is 70.0 Å². The van der Waals surface area contributed by atoms with Crippen LogP contribution in [0.1, 0.15) is 74.4 Å². The minimum absolute atomic E-state index is 0.114. The second-order valence-electron chi connectivity index (χ2n) is 14.9. The van der Waals surface area contributed by atoms with Gasteiger partial charge < -0.3 is 19.3 Å². The number of primary sulfonamides is 1. The number of rotatable bonds is 10. The Balaban J connectivity index is 1.35. The molecule has 13 heteroatoms. The second-order valence-corrected chi connectivity index (χ2v) is 17.3. The highest BCUT2D eigenvalue weighted by molar-refractivity contribution is 7.89. The standard InChI is InChI=1S/C38H50ClFN4O6S/c1-25(27(3)51(41,47)48)8-12-33(40)36(37(46)42-16-17-49-26(2)20-42)44-15-5-7-31(44)21-43-23-38(14-4-6-29-19-30(39)10-11-32(29)38)24-50-35-13-9-28(22-45)18-34(35)43/h9-13,18-19,22,25-27,31,36H,4-8,14-17,20-21,23-24H2,1-3H3,(H2,41,47,48)/b33-12-/t25-,26-,27+,31-,36+,38-/m0/s1. The number of allylic oxidation sites excluding steroid dienone is 1. The Hall–Kier alpha value is -3.03. The fourth-order valence-electron chi connectivity index (χ4n) is 8.39. The molecule has 2 N–H and O–H groups in total. The molecule has 2 aromatic rings. The molecule has 2 fully saturated rings. The largest absolute Gasteiger partial charge is 0.490 e. The van der Waals surface area contributed by atoms with Gasteiger partial charge in [-0.3, -0.25) is 14.5 Å². The number of nitrogens with two attached hydrogens (primary N) is 1. The number of amides is 1. The lowest BCUT2D eigenvalue weighted by molar-refractivity contribution is -0.143. The van der Waals surface area contributed by atoms with Crippen molar-refractivity contribution in [2.75, 3.05) is 50.8 Å². The van der Waals surface area contributed by atoms with Crippen molar-refractivity contribution >= 4 is 39.5 Å². The highest BCUT2D eigenvalue weighted by atomic mass is 35.5. The predicted molar refractivity (Wildman–Crippen MR) is 197 cm³/mol. The van der Waals surface area contributed by atoms with E-state index < -0.39 is 33.1 Å². The van der Waals surface area contributed by atoms with Crippen molar-refractivity contribution in [1.82, 2.24) is 9.80 Å². The van der Waals surface area contributed by atoms with E-state index in [4.69, 9.17) is 26.2 Å². The summed E-state index contributed by atoms with van der Waals surface area (Å²) in [5.74, 6) is -0.682. The van der Waals surface area contributed by atoms with Crippen LogP contribution in [0, 0.1) is 5.92 Å². The first-order valence-electron chi connectivity index (χ1n) is 18.1. The molecule has 1 spiro atoms. The SMILES string of the molecule is C[C@H]([C@@H](C)C/C=C(\F)[C@H](C(=O)N1CCO[C@@H](C)C1)N1CCC[C@H]1CN1C[C@@]2(CCCc3cc(Cl)ccc32)COc2ccc(C=O)cc21)S(N)(=O)=O. The summed E-state index contributed by atoms with van der Waals surface area (Å²) < 4.78 is 53.0. The van der Waals surface area contributed by atoms with E-state index in [0.717, 1.165) is 44.1 Å². The number of carbonyl (C=O) groups is 2. The van der Waals surface area contributed by atoms with Crippen LogP contribution < -0.4 is 14.8 Å². The zero-order chi connectivity index (χ0) is 36.5. The second kappa shape index (κ2) is 15.5. The zero-order valence-corrected chi connectivity index (χ0v) is 31.3. The average Bonchev–Trinajstić information content (AvgIpc) is 3.49. The first-order chi connectivity index (χ1) is 24.3. The number of likely N-dealkylation sites (tertiary alicyclic amines) is 1. The number of hydrogen-bond donors (Lipinski definition) is 1. The maximum absolute atomic E-state index is 16.7.